The van der Waals surface area contributed by atoms with Crippen LogP contribution in [0.1, 0.15) is 36.2 Å². The lowest BCUT2D eigenvalue weighted by atomic mass is 10.1. The molecule has 1 unspecified atom stereocenters. The number of hydrogen-bond acceptors (Lipinski definition) is 4. The first-order valence-electron chi connectivity index (χ1n) is 10.7. The summed E-state index contributed by atoms with van der Waals surface area (Å²) >= 11 is 0. The maximum atomic E-state index is 13.5. The van der Waals surface area contributed by atoms with Gasteiger partial charge >= 0.3 is 0 Å². The van der Waals surface area contributed by atoms with Gasteiger partial charge in [0.2, 0.25) is 5.91 Å². The van der Waals surface area contributed by atoms with E-state index in [1.54, 1.807) is 49.4 Å². The fourth-order valence-electron chi connectivity index (χ4n) is 3.94. The van der Waals surface area contributed by atoms with Gasteiger partial charge < -0.3 is 10.6 Å². The molecule has 2 amide bonds. The molecule has 1 heterocycles. The van der Waals surface area contributed by atoms with Gasteiger partial charge in [0, 0.05) is 29.4 Å². The number of benzene rings is 3. The lowest BCUT2D eigenvalue weighted by molar-refractivity contribution is -0.115. The van der Waals surface area contributed by atoms with Crippen LogP contribution in [0.25, 0.3) is 0 Å². The molecule has 4 rings (SSSR count). The van der Waals surface area contributed by atoms with E-state index in [2.05, 4.69) is 10.6 Å². The minimum atomic E-state index is -3.85. The lowest BCUT2D eigenvalue weighted by Gasteiger charge is -2.24. The van der Waals surface area contributed by atoms with E-state index in [-0.39, 0.29) is 22.4 Å². The number of fused-ring (bicyclic) bond motifs is 1. The summed E-state index contributed by atoms with van der Waals surface area (Å²) in [5.74, 6) is -0.574. The maximum absolute atomic E-state index is 13.5. The second-order valence-corrected chi connectivity index (χ2v) is 9.76. The van der Waals surface area contributed by atoms with E-state index in [0.29, 0.717) is 29.9 Å². The molecule has 0 saturated carbocycles. The predicted octanol–water partition coefficient (Wildman–Crippen LogP) is 4.43. The third kappa shape index (κ3) is 4.61. The van der Waals surface area contributed by atoms with Crippen molar-refractivity contribution in [3.8, 4) is 0 Å². The van der Waals surface area contributed by atoms with E-state index in [1.165, 1.54) is 16.4 Å². The smallest absolute Gasteiger partial charge is 0.264 e. The van der Waals surface area contributed by atoms with Gasteiger partial charge in [0.25, 0.3) is 15.9 Å². The van der Waals surface area contributed by atoms with Crippen LogP contribution in [0.5, 0.6) is 0 Å². The van der Waals surface area contributed by atoms with E-state index in [1.807, 2.05) is 25.1 Å². The minimum absolute atomic E-state index is 0.0580. The number of anilines is 3. The Morgan fingerprint density at radius 1 is 0.939 bits per heavy atom. The van der Waals surface area contributed by atoms with Crippen LogP contribution in [0.4, 0.5) is 17.1 Å². The summed E-state index contributed by atoms with van der Waals surface area (Å²) in [5, 5.41) is 5.51. The molecular weight excluding hydrogens is 438 g/mol. The molecule has 1 aliphatic rings. The van der Waals surface area contributed by atoms with E-state index in [0.717, 1.165) is 5.56 Å². The van der Waals surface area contributed by atoms with E-state index < -0.39 is 15.9 Å². The number of carbonyl (C=O) groups is 2. The average Bonchev–Trinajstić information content (AvgIpc) is 3.15. The largest absolute Gasteiger partial charge is 0.326 e. The van der Waals surface area contributed by atoms with Gasteiger partial charge in [-0.25, -0.2) is 8.42 Å². The number of sulfonamides is 1. The lowest BCUT2D eigenvalue weighted by Crippen LogP contribution is -2.35. The van der Waals surface area contributed by atoms with E-state index in [4.69, 9.17) is 0 Å². The van der Waals surface area contributed by atoms with Crippen LogP contribution >= 0.6 is 0 Å². The van der Waals surface area contributed by atoms with E-state index in [9.17, 15) is 18.0 Å². The van der Waals surface area contributed by atoms with Crippen LogP contribution in [-0.4, -0.2) is 26.3 Å². The summed E-state index contributed by atoms with van der Waals surface area (Å²) in [4.78, 5) is 24.5. The Hall–Kier alpha value is -3.65. The molecule has 1 atom stereocenters. The Morgan fingerprint density at radius 2 is 1.64 bits per heavy atom. The summed E-state index contributed by atoms with van der Waals surface area (Å²) in [6.07, 6.45) is 0.985. The van der Waals surface area contributed by atoms with Crippen LogP contribution in [0.15, 0.2) is 77.7 Å². The summed E-state index contributed by atoms with van der Waals surface area (Å²) in [5.41, 5.74) is 2.93. The fourth-order valence-corrected chi connectivity index (χ4v) is 5.68. The Labute approximate surface area is 193 Å². The van der Waals surface area contributed by atoms with E-state index >= 15 is 0 Å². The van der Waals surface area contributed by atoms with Crippen molar-refractivity contribution >= 4 is 38.9 Å². The third-order valence-electron chi connectivity index (χ3n) is 5.52. The molecule has 0 aromatic heterocycles. The predicted molar refractivity (Wildman–Crippen MR) is 129 cm³/mol. The second kappa shape index (κ2) is 9.07. The monoisotopic (exact) mass is 463 g/mol. The highest BCUT2D eigenvalue weighted by Crippen LogP contribution is 2.36. The number of rotatable bonds is 6. The zero-order valence-electron chi connectivity index (χ0n) is 18.4. The normalized spacial score (nSPS) is 15.1. The quantitative estimate of drug-likeness (QED) is 0.565. The number of nitrogens with one attached hydrogen (secondary N) is 2. The molecule has 0 spiro atoms. The average molecular weight is 464 g/mol. The van der Waals surface area contributed by atoms with Crippen molar-refractivity contribution < 1.29 is 18.0 Å². The molecule has 3 aromatic carbocycles. The van der Waals surface area contributed by atoms with Gasteiger partial charge in [0.1, 0.15) is 0 Å². The van der Waals surface area contributed by atoms with Gasteiger partial charge in [0.15, 0.2) is 0 Å². The topological polar surface area (TPSA) is 95.6 Å². The summed E-state index contributed by atoms with van der Waals surface area (Å²) in [6, 6.07) is 20.0. The van der Waals surface area contributed by atoms with Crippen molar-refractivity contribution in [2.45, 2.75) is 37.6 Å². The van der Waals surface area contributed by atoms with Gasteiger partial charge in [-0.15, -0.1) is 0 Å². The third-order valence-corrected chi connectivity index (χ3v) is 7.45. The molecule has 0 fully saturated rings. The SMILES string of the molecule is CCC(=O)Nc1cccc(NC(=O)c2cccc(S(=O)(=O)N3c4ccccc4CC3C)c2)c1. The van der Waals surface area contributed by atoms with Crippen LogP contribution in [0.2, 0.25) is 0 Å². The molecule has 1 aliphatic heterocycles. The first kappa shape index (κ1) is 22.5. The van der Waals surface area contributed by atoms with Crippen molar-refractivity contribution in [3.63, 3.8) is 0 Å². The molecule has 33 heavy (non-hydrogen) atoms. The van der Waals surface area contributed by atoms with Gasteiger partial charge in [-0.3, -0.25) is 13.9 Å². The molecule has 0 radical (unpaired) electrons. The molecule has 0 bridgehead atoms. The number of amides is 2. The highest BCUT2D eigenvalue weighted by atomic mass is 32.2. The highest BCUT2D eigenvalue weighted by molar-refractivity contribution is 7.92. The maximum Gasteiger partial charge on any atom is 0.264 e. The second-order valence-electron chi connectivity index (χ2n) is 7.95. The number of para-hydroxylation sites is 1. The Morgan fingerprint density at radius 3 is 2.39 bits per heavy atom. The molecule has 2 N–H and O–H groups in total. The first-order chi connectivity index (χ1) is 15.8. The molecule has 0 aliphatic carbocycles. The van der Waals surface area contributed by atoms with Crippen molar-refractivity contribution in [1.29, 1.82) is 0 Å². The minimum Gasteiger partial charge on any atom is -0.326 e. The standard InChI is InChI=1S/C25H25N3O4S/c1-3-24(29)26-20-10-7-11-21(16-20)27-25(30)19-9-6-12-22(15-19)33(31,32)28-17(2)14-18-8-4-5-13-23(18)28/h4-13,15-17H,3,14H2,1-2H3,(H,26,29)(H,27,30). The molecule has 0 saturated heterocycles. The van der Waals surface area contributed by atoms with Crippen LogP contribution in [0, 0.1) is 0 Å². The van der Waals surface area contributed by atoms with Gasteiger partial charge in [-0.05, 0) is 61.4 Å². The molecule has 8 heteroatoms. The zero-order valence-corrected chi connectivity index (χ0v) is 19.2. The van der Waals surface area contributed by atoms with Crippen LogP contribution in [0.3, 0.4) is 0 Å². The molecular formula is C25H25N3O4S. The Bertz CT molecular complexity index is 1320. The highest BCUT2D eigenvalue weighted by Gasteiger charge is 2.36. The first-order valence-corrected chi connectivity index (χ1v) is 12.2. The Kier molecular flexibility index (Phi) is 6.20. The van der Waals surface area contributed by atoms with Crippen molar-refractivity contribution in [2.24, 2.45) is 0 Å². The number of carbonyl (C=O) groups excluding carboxylic acids is 2. The van der Waals surface area contributed by atoms with Crippen LogP contribution < -0.4 is 14.9 Å². The zero-order chi connectivity index (χ0) is 23.6. The molecule has 7 nitrogen and oxygen atoms in total. The fraction of sp³-hybridized carbons (Fsp3) is 0.200. The van der Waals surface area contributed by atoms with Crippen molar-refractivity contribution in [2.75, 3.05) is 14.9 Å². The molecule has 170 valence electrons. The van der Waals surface area contributed by atoms with Crippen molar-refractivity contribution in [3.05, 3.63) is 83.9 Å². The number of nitrogens with zero attached hydrogens (tertiary/aromatic N) is 1. The Balaban J connectivity index is 1.58. The summed E-state index contributed by atoms with van der Waals surface area (Å²) in [6.45, 7) is 3.63. The summed E-state index contributed by atoms with van der Waals surface area (Å²) in [7, 11) is -3.85. The van der Waals surface area contributed by atoms with Crippen LogP contribution in [-0.2, 0) is 21.2 Å². The van der Waals surface area contributed by atoms with Gasteiger partial charge in [-0.1, -0.05) is 37.3 Å². The molecule has 3 aromatic rings. The number of hydrogen-bond donors (Lipinski definition) is 2. The summed E-state index contributed by atoms with van der Waals surface area (Å²) < 4.78 is 28.4. The van der Waals surface area contributed by atoms with Gasteiger partial charge in [-0.2, -0.15) is 0 Å². The van der Waals surface area contributed by atoms with Gasteiger partial charge in [0.05, 0.1) is 10.6 Å². The van der Waals surface area contributed by atoms with Crippen molar-refractivity contribution in [1.82, 2.24) is 0 Å².